The van der Waals surface area contributed by atoms with E-state index in [2.05, 4.69) is 4.72 Å². The molecule has 0 fully saturated rings. The van der Waals surface area contributed by atoms with Crippen molar-refractivity contribution in [2.24, 2.45) is 0 Å². The molecule has 0 aromatic heterocycles. The summed E-state index contributed by atoms with van der Waals surface area (Å²) in [6.45, 7) is 3.08. The molecular formula is C11H14N2O3S. The highest BCUT2D eigenvalue weighted by Crippen LogP contribution is 2.16. The minimum atomic E-state index is -3.68. The Labute approximate surface area is 101 Å². The fourth-order valence-corrected chi connectivity index (χ4v) is 2.66. The van der Waals surface area contributed by atoms with Gasteiger partial charge in [-0.05, 0) is 31.5 Å². The Bertz CT molecular complexity index is 544. The van der Waals surface area contributed by atoms with Gasteiger partial charge in [-0.15, -0.1) is 0 Å². The van der Waals surface area contributed by atoms with E-state index in [1.54, 1.807) is 19.1 Å². The first-order valence-electron chi connectivity index (χ1n) is 5.05. The number of nitriles is 1. The summed E-state index contributed by atoms with van der Waals surface area (Å²) in [5, 5.41) is 17.8. The number of nitrogens with one attached hydrogen (secondary N) is 1. The third kappa shape index (κ3) is 3.53. The van der Waals surface area contributed by atoms with Crippen LogP contribution in [0.1, 0.15) is 18.1 Å². The van der Waals surface area contributed by atoms with Gasteiger partial charge in [0.05, 0.1) is 22.6 Å². The number of rotatable bonds is 4. The van der Waals surface area contributed by atoms with Crippen molar-refractivity contribution in [1.29, 1.82) is 5.26 Å². The molecule has 2 N–H and O–H groups in total. The van der Waals surface area contributed by atoms with Crippen LogP contribution in [0.15, 0.2) is 23.1 Å². The average Bonchev–Trinajstić information content (AvgIpc) is 2.27. The highest BCUT2D eigenvalue weighted by Gasteiger charge is 2.17. The highest BCUT2D eigenvalue weighted by molar-refractivity contribution is 7.89. The van der Waals surface area contributed by atoms with Crippen molar-refractivity contribution in [3.63, 3.8) is 0 Å². The first kappa shape index (κ1) is 13.6. The summed E-state index contributed by atoms with van der Waals surface area (Å²) in [6, 6.07) is 6.35. The van der Waals surface area contributed by atoms with E-state index in [-0.39, 0.29) is 17.0 Å². The number of aryl methyl sites for hydroxylation is 1. The van der Waals surface area contributed by atoms with Gasteiger partial charge in [0, 0.05) is 6.54 Å². The van der Waals surface area contributed by atoms with Crippen LogP contribution in [0.3, 0.4) is 0 Å². The van der Waals surface area contributed by atoms with Gasteiger partial charge in [0.1, 0.15) is 0 Å². The van der Waals surface area contributed by atoms with Crippen LogP contribution in [0.5, 0.6) is 0 Å². The molecule has 1 rings (SSSR count). The number of aliphatic hydroxyl groups excluding tert-OH is 1. The van der Waals surface area contributed by atoms with Crippen molar-refractivity contribution in [1.82, 2.24) is 4.72 Å². The van der Waals surface area contributed by atoms with E-state index in [4.69, 9.17) is 10.4 Å². The summed E-state index contributed by atoms with van der Waals surface area (Å²) in [7, 11) is -3.68. The summed E-state index contributed by atoms with van der Waals surface area (Å²) in [5.41, 5.74) is 0.843. The number of benzene rings is 1. The first-order valence-corrected chi connectivity index (χ1v) is 6.53. The van der Waals surface area contributed by atoms with Gasteiger partial charge in [0.2, 0.25) is 10.0 Å². The first-order chi connectivity index (χ1) is 7.86. The third-order valence-corrected chi connectivity index (χ3v) is 3.74. The summed E-state index contributed by atoms with van der Waals surface area (Å²) >= 11 is 0. The summed E-state index contributed by atoms with van der Waals surface area (Å²) in [4.78, 5) is 0.0669. The maximum absolute atomic E-state index is 11.9. The Hall–Kier alpha value is -1.42. The molecule has 1 aromatic carbocycles. The number of hydrogen-bond acceptors (Lipinski definition) is 4. The van der Waals surface area contributed by atoms with Gasteiger partial charge >= 0.3 is 0 Å². The molecular weight excluding hydrogens is 240 g/mol. The molecule has 0 unspecified atom stereocenters. The molecule has 0 aliphatic carbocycles. The molecule has 0 amide bonds. The second-order valence-corrected chi connectivity index (χ2v) is 5.53. The van der Waals surface area contributed by atoms with Gasteiger partial charge in [0.15, 0.2) is 0 Å². The Balaban J connectivity index is 3.11. The van der Waals surface area contributed by atoms with Crippen LogP contribution in [0, 0.1) is 18.3 Å². The monoisotopic (exact) mass is 254 g/mol. The molecule has 92 valence electrons. The van der Waals surface area contributed by atoms with Crippen molar-refractivity contribution in [3.05, 3.63) is 29.3 Å². The van der Waals surface area contributed by atoms with Crippen molar-refractivity contribution in [2.75, 3.05) is 6.54 Å². The second kappa shape index (κ2) is 5.27. The maximum Gasteiger partial charge on any atom is 0.240 e. The van der Waals surface area contributed by atoms with Crippen LogP contribution >= 0.6 is 0 Å². The molecule has 0 aliphatic heterocycles. The highest BCUT2D eigenvalue weighted by atomic mass is 32.2. The molecule has 6 heteroatoms. The van der Waals surface area contributed by atoms with Crippen LogP contribution in [0.4, 0.5) is 0 Å². The van der Waals surface area contributed by atoms with Gasteiger partial charge in [0.25, 0.3) is 0 Å². The SMILES string of the molecule is Cc1ccc(C#N)cc1S(=O)(=O)NC[C@H](C)O. The molecule has 0 spiro atoms. The zero-order valence-corrected chi connectivity index (χ0v) is 10.5. The van der Waals surface area contributed by atoms with Crippen LogP contribution in [-0.2, 0) is 10.0 Å². The molecule has 0 saturated carbocycles. The predicted molar refractivity (Wildman–Crippen MR) is 62.8 cm³/mol. The Morgan fingerprint density at radius 2 is 2.18 bits per heavy atom. The van der Waals surface area contributed by atoms with E-state index in [0.29, 0.717) is 5.56 Å². The van der Waals surface area contributed by atoms with Crippen LogP contribution < -0.4 is 4.72 Å². The molecule has 0 aliphatic rings. The van der Waals surface area contributed by atoms with E-state index in [1.165, 1.54) is 13.0 Å². The summed E-state index contributed by atoms with van der Waals surface area (Å²) < 4.78 is 26.1. The quantitative estimate of drug-likeness (QED) is 0.820. The third-order valence-electron chi connectivity index (χ3n) is 2.18. The predicted octanol–water partition coefficient (Wildman–Crippen LogP) is 0.526. The van der Waals surface area contributed by atoms with Crippen molar-refractivity contribution < 1.29 is 13.5 Å². The zero-order chi connectivity index (χ0) is 13.1. The lowest BCUT2D eigenvalue weighted by Crippen LogP contribution is -2.31. The Morgan fingerprint density at radius 3 is 2.71 bits per heavy atom. The van der Waals surface area contributed by atoms with Crippen molar-refractivity contribution >= 4 is 10.0 Å². The smallest absolute Gasteiger partial charge is 0.240 e. The van der Waals surface area contributed by atoms with Gasteiger partial charge in [-0.3, -0.25) is 0 Å². The van der Waals surface area contributed by atoms with E-state index >= 15 is 0 Å². The van der Waals surface area contributed by atoms with Crippen LogP contribution in [0.25, 0.3) is 0 Å². The lowest BCUT2D eigenvalue weighted by molar-refractivity contribution is 0.198. The summed E-state index contributed by atoms with van der Waals surface area (Å²) in [5.74, 6) is 0. The lowest BCUT2D eigenvalue weighted by Gasteiger charge is -2.10. The normalized spacial score (nSPS) is 13.1. The Morgan fingerprint density at radius 1 is 1.53 bits per heavy atom. The van der Waals surface area contributed by atoms with E-state index in [0.717, 1.165) is 0 Å². The number of sulfonamides is 1. The molecule has 0 heterocycles. The fourth-order valence-electron chi connectivity index (χ4n) is 1.27. The zero-order valence-electron chi connectivity index (χ0n) is 9.64. The molecule has 1 aromatic rings. The largest absolute Gasteiger partial charge is 0.392 e. The molecule has 0 saturated heterocycles. The molecule has 0 radical (unpaired) electrons. The van der Waals surface area contributed by atoms with Crippen LogP contribution in [-0.4, -0.2) is 26.2 Å². The van der Waals surface area contributed by atoms with Gasteiger partial charge < -0.3 is 5.11 Å². The van der Waals surface area contributed by atoms with Gasteiger partial charge in [-0.1, -0.05) is 6.07 Å². The second-order valence-electron chi connectivity index (χ2n) is 3.79. The number of aliphatic hydroxyl groups is 1. The fraction of sp³-hybridized carbons (Fsp3) is 0.364. The van der Waals surface area contributed by atoms with Gasteiger partial charge in [-0.25, -0.2) is 13.1 Å². The number of hydrogen-bond donors (Lipinski definition) is 2. The van der Waals surface area contributed by atoms with E-state index in [1.807, 2.05) is 6.07 Å². The number of nitrogens with zero attached hydrogens (tertiary/aromatic N) is 1. The minimum Gasteiger partial charge on any atom is -0.392 e. The topological polar surface area (TPSA) is 90.2 Å². The van der Waals surface area contributed by atoms with E-state index < -0.39 is 16.1 Å². The van der Waals surface area contributed by atoms with Crippen molar-refractivity contribution in [3.8, 4) is 6.07 Å². The summed E-state index contributed by atoms with van der Waals surface area (Å²) in [6.07, 6.45) is -0.760. The Kier molecular flexibility index (Phi) is 4.23. The molecule has 0 bridgehead atoms. The average molecular weight is 254 g/mol. The minimum absolute atomic E-state index is 0.0570. The van der Waals surface area contributed by atoms with E-state index in [9.17, 15) is 8.42 Å². The van der Waals surface area contributed by atoms with Crippen LogP contribution in [0.2, 0.25) is 0 Å². The lowest BCUT2D eigenvalue weighted by atomic mass is 10.2. The molecule has 5 nitrogen and oxygen atoms in total. The van der Waals surface area contributed by atoms with Crippen molar-refractivity contribution in [2.45, 2.75) is 24.8 Å². The maximum atomic E-state index is 11.9. The standard InChI is InChI=1S/C11H14N2O3S/c1-8-3-4-10(6-12)5-11(8)17(15,16)13-7-9(2)14/h3-5,9,13-14H,7H2,1-2H3/t9-/m0/s1. The molecule has 17 heavy (non-hydrogen) atoms. The van der Waals surface area contributed by atoms with Gasteiger partial charge in [-0.2, -0.15) is 5.26 Å². The molecule has 1 atom stereocenters.